The van der Waals surface area contributed by atoms with Crippen molar-refractivity contribution in [3.63, 3.8) is 0 Å². The summed E-state index contributed by atoms with van der Waals surface area (Å²) in [5, 5.41) is 3.43. The summed E-state index contributed by atoms with van der Waals surface area (Å²) in [7, 11) is 0. The summed E-state index contributed by atoms with van der Waals surface area (Å²) in [6.07, 6.45) is 1.91. The second-order valence-electron chi connectivity index (χ2n) is 6.72. The van der Waals surface area contributed by atoms with Gasteiger partial charge in [0.2, 0.25) is 0 Å². The Labute approximate surface area is 116 Å². The van der Waals surface area contributed by atoms with Crippen LogP contribution >= 0.6 is 0 Å². The van der Waals surface area contributed by atoms with Gasteiger partial charge in [0.1, 0.15) is 17.5 Å². The molecule has 3 N–H and O–H groups in total. The van der Waals surface area contributed by atoms with Gasteiger partial charge in [-0.15, -0.1) is 0 Å². The van der Waals surface area contributed by atoms with Crippen LogP contribution in [0.4, 0.5) is 11.6 Å². The third-order valence-corrected chi connectivity index (χ3v) is 5.07. The zero-order valence-corrected chi connectivity index (χ0v) is 12.7. The first-order valence-corrected chi connectivity index (χ1v) is 7.16. The minimum absolute atomic E-state index is 0.394. The van der Waals surface area contributed by atoms with Crippen LogP contribution in [0.25, 0.3) is 0 Å². The number of anilines is 2. The molecule has 0 saturated heterocycles. The molecule has 1 fully saturated rings. The summed E-state index contributed by atoms with van der Waals surface area (Å²) in [5.41, 5.74) is 6.61. The number of nitrogens with zero attached hydrogens (tertiary/aromatic N) is 2. The average Bonchev–Trinajstić information content (AvgIpc) is 2.66. The van der Waals surface area contributed by atoms with Crippen LogP contribution in [-0.4, -0.2) is 16.5 Å². The molecular weight excluding hydrogens is 236 g/mol. The Morgan fingerprint density at radius 3 is 2.37 bits per heavy atom. The molecule has 0 amide bonds. The van der Waals surface area contributed by atoms with Gasteiger partial charge in [-0.2, -0.15) is 0 Å². The maximum Gasteiger partial charge on any atom is 0.133 e. The number of nitrogen functional groups attached to an aromatic ring is 1. The molecule has 0 atom stereocenters. The van der Waals surface area contributed by atoms with E-state index < -0.39 is 0 Å². The first-order valence-electron chi connectivity index (χ1n) is 7.16. The van der Waals surface area contributed by atoms with Crippen LogP contribution in [0.15, 0.2) is 6.07 Å². The van der Waals surface area contributed by atoms with Crippen molar-refractivity contribution in [1.82, 2.24) is 9.97 Å². The minimum atomic E-state index is 0.394. The highest BCUT2D eigenvalue weighted by atomic mass is 15.1. The molecule has 0 aliphatic heterocycles. The van der Waals surface area contributed by atoms with Crippen molar-refractivity contribution in [3.8, 4) is 0 Å². The van der Waals surface area contributed by atoms with Crippen LogP contribution in [0.1, 0.15) is 46.9 Å². The molecule has 0 spiro atoms. The molecule has 0 unspecified atom stereocenters. The van der Waals surface area contributed by atoms with Gasteiger partial charge in [-0.3, -0.25) is 0 Å². The Kier molecular flexibility index (Phi) is 3.45. The number of hydrogen-bond donors (Lipinski definition) is 2. The molecule has 1 heterocycles. The predicted molar refractivity (Wildman–Crippen MR) is 80.0 cm³/mol. The Balaban J connectivity index is 2.01. The van der Waals surface area contributed by atoms with E-state index in [0.29, 0.717) is 22.6 Å². The fraction of sp³-hybridized carbons (Fsp3) is 0.733. The second kappa shape index (κ2) is 4.66. The van der Waals surface area contributed by atoms with Crippen molar-refractivity contribution >= 4 is 11.6 Å². The topological polar surface area (TPSA) is 63.8 Å². The van der Waals surface area contributed by atoms with Crippen molar-refractivity contribution in [2.24, 2.45) is 16.7 Å². The zero-order chi connectivity index (χ0) is 14.3. The SMILES string of the molecule is CCCc1nc(N)cc(NCC2C(C)(C)C2(C)C)n1. The van der Waals surface area contributed by atoms with Gasteiger partial charge in [0.15, 0.2) is 0 Å². The number of rotatable bonds is 5. The van der Waals surface area contributed by atoms with E-state index in [1.807, 2.05) is 6.07 Å². The van der Waals surface area contributed by atoms with Crippen molar-refractivity contribution in [3.05, 3.63) is 11.9 Å². The highest BCUT2D eigenvalue weighted by Crippen LogP contribution is 2.68. The standard InChI is InChI=1S/C15H26N4/c1-6-7-12-18-11(16)8-13(19-12)17-9-10-14(2,3)15(10,4)5/h8,10H,6-7,9H2,1-5H3,(H3,16,17,18,19). The van der Waals surface area contributed by atoms with Crippen LogP contribution < -0.4 is 11.1 Å². The van der Waals surface area contributed by atoms with Crippen molar-refractivity contribution in [1.29, 1.82) is 0 Å². The molecule has 4 heteroatoms. The average molecular weight is 262 g/mol. The third kappa shape index (κ3) is 2.53. The van der Waals surface area contributed by atoms with Gasteiger partial charge in [0, 0.05) is 19.0 Å². The molecule has 0 radical (unpaired) electrons. The molecule has 1 aromatic rings. The molecule has 4 nitrogen and oxygen atoms in total. The summed E-state index contributed by atoms with van der Waals surface area (Å²) < 4.78 is 0. The van der Waals surface area contributed by atoms with Gasteiger partial charge in [-0.25, -0.2) is 9.97 Å². The third-order valence-electron chi connectivity index (χ3n) is 5.07. The molecule has 1 aliphatic rings. The Hall–Kier alpha value is -1.32. The lowest BCUT2D eigenvalue weighted by molar-refractivity contribution is 0.457. The molecule has 2 rings (SSSR count). The number of aromatic nitrogens is 2. The van der Waals surface area contributed by atoms with Crippen LogP contribution in [0.2, 0.25) is 0 Å². The summed E-state index contributed by atoms with van der Waals surface area (Å²) in [6.45, 7) is 12.4. The maximum atomic E-state index is 5.83. The number of aryl methyl sites for hydroxylation is 1. The predicted octanol–water partition coefficient (Wildman–Crippen LogP) is 3.11. The second-order valence-corrected chi connectivity index (χ2v) is 6.72. The van der Waals surface area contributed by atoms with E-state index in [1.54, 1.807) is 0 Å². The maximum absolute atomic E-state index is 5.83. The summed E-state index contributed by atoms with van der Waals surface area (Å²) in [4.78, 5) is 8.77. The Morgan fingerprint density at radius 2 is 1.84 bits per heavy atom. The van der Waals surface area contributed by atoms with Gasteiger partial charge >= 0.3 is 0 Å². The fourth-order valence-corrected chi connectivity index (χ4v) is 2.99. The van der Waals surface area contributed by atoms with Gasteiger partial charge in [-0.1, -0.05) is 34.6 Å². The van der Waals surface area contributed by atoms with Gasteiger partial charge < -0.3 is 11.1 Å². The molecule has 1 aromatic heterocycles. The fourth-order valence-electron chi connectivity index (χ4n) is 2.99. The van der Waals surface area contributed by atoms with E-state index in [1.165, 1.54) is 0 Å². The number of nitrogens with one attached hydrogen (secondary N) is 1. The number of nitrogens with two attached hydrogens (primary N) is 1. The van der Waals surface area contributed by atoms with Gasteiger partial charge in [0.25, 0.3) is 0 Å². The molecule has 0 bridgehead atoms. The quantitative estimate of drug-likeness (QED) is 0.856. The van der Waals surface area contributed by atoms with E-state index >= 15 is 0 Å². The molecular formula is C15H26N4. The van der Waals surface area contributed by atoms with E-state index in [2.05, 4.69) is 49.9 Å². The molecule has 1 saturated carbocycles. The summed E-state index contributed by atoms with van der Waals surface area (Å²) in [6, 6.07) is 1.82. The first kappa shape index (κ1) is 14.1. The van der Waals surface area contributed by atoms with Crippen molar-refractivity contribution in [2.45, 2.75) is 47.5 Å². The van der Waals surface area contributed by atoms with Crippen LogP contribution in [0, 0.1) is 16.7 Å². The molecule has 1 aliphatic carbocycles. The van der Waals surface area contributed by atoms with Crippen LogP contribution in [0.5, 0.6) is 0 Å². The van der Waals surface area contributed by atoms with Gasteiger partial charge in [0.05, 0.1) is 0 Å². The summed E-state index contributed by atoms with van der Waals surface area (Å²) in [5.74, 6) is 2.91. The highest BCUT2D eigenvalue weighted by molar-refractivity contribution is 5.45. The first-order chi connectivity index (χ1) is 8.79. The number of hydrogen-bond acceptors (Lipinski definition) is 4. The molecule has 19 heavy (non-hydrogen) atoms. The molecule has 106 valence electrons. The Bertz CT molecular complexity index is 451. The lowest BCUT2D eigenvalue weighted by Crippen LogP contribution is -2.11. The lowest BCUT2D eigenvalue weighted by atomic mass is 10.0. The van der Waals surface area contributed by atoms with Crippen LogP contribution in [-0.2, 0) is 6.42 Å². The monoisotopic (exact) mass is 262 g/mol. The van der Waals surface area contributed by atoms with E-state index in [-0.39, 0.29) is 0 Å². The van der Waals surface area contributed by atoms with E-state index in [4.69, 9.17) is 5.73 Å². The minimum Gasteiger partial charge on any atom is -0.384 e. The Morgan fingerprint density at radius 1 is 1.21 bits per heavy atom. The summed E-state index contributed by atoms with van der Waals surface area (Å²) >= 11 is 0. The normalized spacial score (nSPS) is 20.3. The van der Waals surface area contributed by atoms with Gasteiger partial charge in [-0.05, 0) is 23.2 Å². The van der Waals surface area contributed by atoms with Crippen molar-refractivity contribution in [2.75, 3.05) is 17.6 Å². The smallest absolute Gasteiger partial charge is 0.133 e. The lowest BCUT2D eigenvalue weighted by Gasteiger charge is -2.09. The van der Waals surface area contributed by atoms with Crippen LogP contribution in [0.3, 0.4) is 0 Å². The van der Waals surface area contributed by atoms with E-state index in [9.17, 15) is 0 Å². The highest BCUT2D eigenvalue weighted by Gasteiger charge is 2.64. The zero-order valence-electron chi connectivity index (χ0n) is 12.7. The van der Waals surface area contributed by atoms with Crippen molar-refractivity contribution < 1.29 is 0 Å². The van der Waals surface area contributed by atoms with E-state index in [0.717, 1.165) is 31.0 Å². The molecule has 0 aromatic carbocycles. The largest absolute Gasteiger partial charge is 0.384 e.